The van der Waals surface area contributed by atoms with E-state index in [1.165, 1.54) is 0 Å². The minimum Gasteiger partial charge on any atom is -0.505 e. The van der Waals surface area contributed by atoms with Crippen LogP contribution in [-0.2, 0) is 4.79 Å². The highest BCUT2D eigenvalue weighted by atomic mass is 16.3. The van der Waals surface area contributed by atoms with Gasteiger partial charge < -0.3 is 5.11 Å². The van der Waals surface area contributed by atoms with Gasteiger partial charge in [0.1, 0.15) is 7.85 Å². The van der Waals surface area contributed by atoms with Crippen molar-refractivity contribution in [2.75, 3.05) is 0 Å². The van der Waals surface area contributed by atoms with E-state index in [-0.39, 0.29) is 17.0 Å². The summed E-state index contributed by atoms with van der Waals surface area (Å²) in [7, 11) is 5.58. The Balaban J connectivity index is 3.31. The third kappa shape index (κ3) is 0.925. The Bertz CT molecular complexity index is 298. The van der Waals surface area contributed by atoms with E-state index in [2.05, 4.69) is 0 Å². The second-order valence-electron chi connectivity index (χ2n) is 3.42. The lowest BCUT2D eigenvalue weighted by atomic mass is 9.72. The molecule has 0 saturated heterocycles. The predicted molar refractivity (Wildman–Crippen MR) is 48.0 cm³/mol. The number of hydrogen-bond donors (Lipinski definition) is 1. The topological polar surface area (TPSA) is 37.3 Å². The van der Waals surface area contributed by atoms with E-state index in [1.807, 2.05) is 13.8 Å². The number of carbonyl (C=O) groups is 1. The Morgan fingerprint density at radius 1 is 1.50 bits per heavy atom. The lowest BCUT2D eigenvalue weighted by Gasteiger charge is -2.20. The molecule has 2 radical (unpaired) electrons. The van der Waals surface area contributed by atoms with Crippen molar-refractivity contribution >= 4 is 13.6 Å². The molecule has 62 valence electrons. The van der Waals surface area contributed by atoms with Gasteiger partial charge in [-0.25, -0.2) is 0 Å². The number of carbonyl (C=O) groups excluding carboxylic acids is 1. The molecule has 1 aliphatic carbocycles. The second kappa shape index (κ2) is 2.51. The number of rotatable bonds is 0. The first kappa shape index (κ1) is 9.11. The molecule has 0 fully saturated rings. The first-order valence-corrected chi connectivity index (χ1v) is 3.83. The molecule has 0 heterocycles. The van der Waals surface area contributed by atoms with Gasteiger partial charge >= 0.3 is 0 Å². The smallest absolute Gasteiger partial charge is 0.222 e. The first-order chi connectivity index (χ1) is 5.42. The van der Waals surface area contributed by atoms with Gasteiger partial charge in [0.05, 0.1) is 0 Å². The number of ketones is 1. The van der Waals surface area contributed by atoms with Crippen LogP contribution in [0.3, 0.4) is 0 Å². The fourth-order valence-electron chi connectivity index (χ4n) is 1.47. The Kier molecular flexibility index (Phi) is 1.90. The third-order valence-electron chi connectivity index (χ3n) is 2.35. The van der Waals surface area contributed by atoms with E-state index in [0.717, 1.165) is 0 Å². The summed E-state index contributed by atoms with van der Waals surface area (Å²) in [5.74, 6) is -0.645. The van der Waals surface area contributed by atoms with Gasteiger partial charge in [0, 0.05) is 11.0 Å². The quantitative estimate of drug-likeness (QED) is 0.432. The summed E-state index contributed by atoms with van der Waals surface area (Å²) in [4.78, 5) is 11.3. The van der Waals surface area contributed by atoms with Crippen LogP contribution in [0, 0.1) is 5.41 Å². The standard InChI is InChI=1S/C9H11BO2/c1-4-5-6(11)7(12)8(10)9(5,2)3/h4,12H,1-3H3/b5-4+. The Hall–Kier alpha value is -0.985. The lowest BCUT2D eigenvalue weighted by molar-refractivity contribution is -0.114. The van der Waals surface area contributed by atoms with Gasteiger partial charge in [-0.3, -0.25) is 4.79 Å². The number of allylic oxidation sites excluding steroid dienone is 3. The zero-order chi connectivity index (χ0) is 9.52. The summed E-state index contributed by atoms with van der Waals surface area (Å²) in [6.07, 6.45) is 1.69. The fourth-order valence-corrected chi connectivity index (χ4v) is 1.47. The molecule has 0 aliphatic heterocycles. The van der Waals surface area contributed by atoms with Crippen molar-refractivity contribution in [1.29, 1.82) is 0 Å². The minimum absolute atomic E-state index is 0.264. The number of aliphatic hydroxyl groups excluding tert-OH is 1. The normalized spacial score (nSPS) is 25.6. The predicted octanol–water partition coefficient (Wildman–Crippen LogP) is 1.48. The van der Waals surface area contributed by atoms with Crippen molar-refractivity contribution in [3.63, 3.8) is 0 Å². The maximum atomic E-state index is 11.3. The molecule has 1 aliphatic rings. The highest BCUT2D eigenvalue weighted by molar-refractivity contribution is 6.30. The van der Waals surface area contributed by atoms with Crippen LogP contribution in [0.2, 0.25) is 0 Å². The van der Waals surface area contributed by atoms with Crippen molar-refractivity contribution in [3.8, 4) is 0 Å². The molecule has 2 nitrogen and oxygen atoms in total. The van der Waals surface area contributed by atoms with Crippen LogP contribution in [0.5, 0.6) is 0 Å². The van der Waals surface area contributed by atoms with Crippen LogP contribution < -0.4 is 0 Å². The molecule has 0 amide bonds. The van der Waals surface area contributed by atoms with Gasteiger partial charge in [-0.1, -0.05) is 25.4 Å². The summed E-state index contributed by atoms with van der Waals surface area (Å²) in [6.45, 7) is 5.40. The van der Waals surface area contributed by atoms with Crippen LogP contribution in [-0.4, -0.2) is 18.7 Å². The Morgan fingerprint density at radius 3 is 2.17 bits per heavy atom. The molecular formula is C9H11BO2. The van der Waals surface area contributed by atoms with E-state index < -0.39 is 5.41 Å². The minimum atomic E-state index is -0.518. The van der Waals surface area contributed by atoms with Gasteiger partial charge in [0.25, 0.3) is 0 Å². The van der Waals surface area contributed by atoms with E-state index in [1.54, 1.807) is 13.0 Å². The maximum absolute atomic E-state index is 11.3. The van der Waals surface area contributed by atoms with Gasteiger partial charge in [0.15, 0.2) is 5.76 Å². The molecule has 0 saturated carbocycles. The van der Waals surface area contributed by atoms with Crippen molar-refractivity contribution in [1.82, 2.24) is 0 Å². The van der Waals surface area contributed by atoms with Gasteiger partial charge in [-0.2, -0.15) is 0 Å². The monoisotopic (exact) mass is 162 g/mol. The third-order valence-corrected chi connectivity index (χ3v) is 2.35. The van der Waals surface area contributed by atoms with E-state index in [0.29, 0.717) is 5.57 Å². The van der Waals surface area contributed by atoms with Gasteiger partial charge in [0.2, 0.25) is 5.78 Å². The molecule has 0 spiro atoms. The number of hydrogen-bond acceptors (Lipinski definition) is 2. The largest absolute Gasteiger partial charge is 0.505 e. The highest BCUT2D eigenvalue weighted by Gasteiger charge is 2.39. The maximum Gasteiger partial charge on any atom is 0.222 e. The van der Waals surface area contributed by atoms with Crippen LogP contribution in [0.25, 0.3) is 0 Å². The molecule has 0 aromatic heterocycles. The van der Waals surface area contributed by atoms with Crippen LogP contribution in [0.15, 0.2) is 22.9 Å². The molecule has 0 bridgehead atoms. The first-order valence-electron chi connectivity index (χ1n) is 3.83. The Morgan fingerprint density at radius 2 is 2.00 bits per heavy atom. The highest BCUT2D eigenvalue weighted by Crippen LogP contribution is 2.41. The van der Waals surface area contributed by atoms with Crippen LogP contribution >= 0.6 is 0 Å². The lowest BCUT2D eigenvalue weighted by Crippen LogP contribution is -2.15. The molecule has 0 atom stereocenters. The number of aliphatic hydroxyl groups is 1. The molecule has 0 aromatic rings. The zero-order valence-electron chi connectivity index (χ0n) is 7.51. The van der Waals surface area contributed by atoms with E-state index >= 15 is 0 Å². The summed E-state index contributed by atoms with van der Waals surface area (Å²) < 4.78 is 0. The average Bonchev–Trinajstić information content (AvgIpc) is 2.13. The molecule has 0 unspecified atom stereocenters. The van der Waals surface area contributed by atoms with Crippen molar-refractivity contribution in [3.05, 3.63) is 22.9 Å². The summed E-state index contributed by atoms with van der Waals surface area (Å²) in [6, 6.07) is 0. The summed E-state index contributed by atoms with van der Waals surface area (Å²) >= 11 is 0. The number of Topliss-reactive ketones (excluding diaryl/α,β-unsaturated/α-hetero) is 1. The van der Waals surface area contributed by atoms with Crippen LogP contribution in [0.1, 0.15) is 20.8 Å². The van der Waals surface area contributed by atoms with Gasteiger partial charge in [-0.15, -0.1) is 0 Å². The van der Waals surface area contributed by atoms with Crippen LogP contribution in [0.4, 0.5) is 0 Å². The molecule has 1 N–H and O–H groups in total. The molecule has 0 aromatic carbocycles. The van der Waals surface area contributed by atoms with Gasteiger partial charge in [-0.05, 0) is 6.92 Å². The summed E-state index contributed by atoms with van der Waals surface area (Å²) in [5.41, 5.74) is 0.314. The molecule has 12 heavy (non-hydrogen) atoms. The Labute approximate surface area is 73.4 Å². The van der Waals surface area contributed by atoms with E-state index in [4.69, 9.17) is 7.85 Å². The van der Waals surface area contributed by atoms with E-state index in [9.17, 15) is 9.90 Å². The second-order valence-corrected chi connectivity index (χ2v) is 3.42. The molecular weight excluding hydrogens is 151 g/mol. The zero-order valence-corrected chi connectivity index (χ0v) is 7.51. The summed E-state index contributed by atoms with van der Waals surface area (Å²) in [5, 5.41) is 9.27. The average molecular weight is 162 g/mol. The fraction of sp³-hybridized carbons (Fsp3) is 0.444. The van der Waals surface area contributed by atoms with Crippen molar-refractivity contribution < 1.29 is 9.90 Å². The SMILES string of the molecule is [B]C1=C(O)C(=O)/C(=C\C)C1(C)C. The van der Waals surface area contributed by atoms with Crippen molar-refractivity contribution in [2.45, 2.75) is 20.8 Å². The molecule has 1 rings (SSSR count). The molecule has 3 heteroatoms. The van der Waals surface area contributed by atoms with Crippen molar-refractivity contribution in [2.24, 2.45) is 5.41 Å².